The molecule has 8 heteroatoms. The molecule has 1 atom stereocenters. The van der Waals surface area contributed by atoms with E-state index >= 15 is 0 Å². The zero-order valence-corrected chi connectivity index (χ0v) is 13.7. The number of carbonyl (C=O) groups is 2. The van der Waals surface area contributed by atoms with Gasteiger partial charge >= 0.3 is 0 Å². The average Bonchev–Trinajstić information content (AvgIpc) is 3.22. The third-order valence-corrected chi connectivity index (χ3v) is 4.69. The minimum atomic E-state index is -0.622. The number of benzene rings is 1. The Bertz CT molecular complexity index is 864. The number of amides is 2. The predicted octanol–water partition coefficient (Wildman–Crippen LogP) is 2.03. The van der Waals surface area contributed by atoms with Gasteiger partial charge in [-0.05, 0) is 37.5 Å². The number of nitrogens with zero attached hydrogens (tertiary/aromatic N) is 3. The molecule has 0 spiro atoms. The van der Waals surface area contributed by atoms with Gasteiger partial charge < -0.3 is 14.7 Å². The second-order valence-corrected chi connectivity index (χ2v) is 6.45. The van der Waals surface area contributed by atoms with E-state index in [1.807, 2.05) is 0 Å². The lowest BCUT2D eigenvalue weighted by atomic mass is 9.99. The molecule has 0 bridgehead atoms. The van der Waals surface area contributed by atoms with Crippen molar-refractivity contribution in [3.8, 4) is 0 Å². The van der Waals surface area contributed by atoms with E-state index in [2.05, 4.69) is 15.5 Å². The van der Waals surface area contributed by atoms with E-state index in [0.717, 1.165) is 5.56 Å². The Balaban J connectivity index is 1.54. The van der Waals surface area contributed by atoms with Crippen LogP contribution < -0.4 is 5.32 Å². The summed E-state index contributed by atoms with van der Waals surface area (Å²) < 4.78 is 19.6. The summed E-state index contributed by atoms with van der Waals surface area (Å²) in [5, 5.41) is 6.41. The number of anilines is 1. The topological polar surface area (TPSA) is 88.3 Å². The van der Waals surface area contributed by atoms with Gasteiger partial charge in [-0.1, -0.05) is 5.16 Å². The number of fused-ring (bicyclic) bond motifs is 1. The van der Waals surface area contributed by atoms with Crippen molar-refractivity contribution in [2.45, 2.75) is 32.1 Å². The van der Waals surface area contributed by atoms with Gasteiger partial charge in [0.15, 0.2) is 5.82 Å². The maximum absolute atomic E-state index is 14.4. The second kappa shape index (κ2) is 5.94. The van der Waals surface area contributed by atoms with Crippen molar-refractivity contribution in [2.75, 3.05) is 18.4 Å². The lowest BCUT2D eigenvalue weighted by Crippen LogP contribution is -2.30. The van der Waals surface area contributed by atoms with Crippen LogP contribution in [0, 0.1) is 12.7 Å². The molecule has 1 fully saturated rings. The maximum Gasteiger partial charge on any atom is 0.256 e. The van der Waals surface area contributed by atoms with Crippen molar-refractivity contribution in [1.29, 1.82) is 0 Å². The summed E-state index contributed by atoms with van der Waals surface area (Å²) in [6.07, 6.45) is 1.55. The quantitative estimate of drug-likeness (QED) is 0.900. The van der Waals surface area contributed by atoms with Crippen molar-refractivity contribution < 1.29 is 18.5 Å². The fraction of sp³-hybridized carbons (Fsp3) is 0.412. The first-order chi connectivity index (χ1) is 12.0. The Kier molecular flexibility index (Phi) is 3.74. The van der Waals surface area contributed by atoms with Crippen molar-refractivity contribution >= 4 is 17.5 Å². The minimum absolute atomic E-state index is 0.0230. The largest absolute Gasteiger partial charge is 0.339 e. The van der Waals surface area contributed by atoms with Crippen LogP contribution in [0.4, 0.5) is 10.1 Å². The summed E-state index contributed by atoms with van der Waals surface area (Å²) >= 11 is 0. The molecular weight excluding hydrogens is 327 g/mol. The van der Waals surface area contributed by atoms with Crippen LogP contribution in [0.25, 0.3) is 0 Å². The van der Waals surface area contributed by atoms with Gasteiger partial charge in [0, 0.05) is 25.2 Å². The van der Waals surface area contributed by atoms with Crippen LogP contribution in [0.2, 0.25) is 0 Å². The SMILES string of the molecule is Cc1noc([C@@H]2CCN(C(=O)c3cc4c(cc3F)NC(=O)CC4)C2)n1. The molecule has 2 aliphatic heterocycles. The van der Waals surface area contributed by atoms with E-state index in [9.17, 15) is 14.0 Å². The van der Waals surface area contributed by atoms with Crippen molar-refractivity contribution in [3.63, 3.8) is 0 Å². The monoisotopic (exact) mass is 344 g/mol. The normalized spacial score (nSPS) is 19.7. The molecule has 1 saturated heterocycles. The van der Waals surface area contributed by atoms with Gasteiger partial charge in [0.1, 0.15) is 5.82 Å². The first-order valence-electron chi connectivity index (χ1n) is 8.23. The minimum Gasteiger partial charge on any atom is -0.339 e. The lowest BCUT2D eigenvalue weighted by molar-refractivity contribution is -0.116. The first kappa shape index (κ1) is 15.7. The van der Waals surface area contributed by atoms with E-state index in [-0.39, 0.29) is 23.3 Å². The number of halogens is 1. The van der Waals surface area contributed by atoms with Crippen LogP contribution in [0.15, 0.2) is 16.7 Å². The van der Waals surface area contributed by atoms with Gasteiger partial charge in [-0.15, -0.1) is 0 Å². The van der Waals surface area contributed by atoms with Gasteiger partial charge in [-0.3, -0.25) is 9.59 Å². The molecule has 0 unspecified atom stereocenters. The highest BCUT2D eigenvalue weighted by Gasteiger charge is 2.33. The molecule has 2 aliphatic rings. The number of aryl methyl sites for hydroxylation is 2. The Morgan fingerprint density at radius 3 is 3.00 bits per heavy atom. The van der Waals surface area contributed by atoms with Crippen LogP contribution in [-0.4, -0.2) is 39.9 Å². The number of rotatable bonds is 2. The summed E-state index contributed by atoms with van der Waals surface area (Å²) in [5.41, 5.74) is 1.27. The highest BCUT2D eigenvalue weighted by Crippen LogP contribution is 2.30. The highest BCUT2D eigenvalue weighted by molar-refractivity contribution is 5.98. The van der Waals surface area contributed by atoms with E-state index in [1.165, 1.54) is 6.07 Å². The Hall–Kier alpha value is -2.77. The molecule has 7 nitrogen and oxygen atoms in total. The van der Waals surface area contributed by atoms with E-state index in [0.29, 0.717) is 49.8 Å². The number of likely N-dealkylation sites (tertiary alicyclic amines) is 1. The Labute approximate surface area is 143 Å². The third kappa shape index (κ3) is 2.88. The van der Waals surface area contributed by atoms with Gasteiger partial charge in [0.2, 0.25) is 11.8 Å². The summed E-state index contributed by atoms with van der Waals surface area (Å²) in [4.78, 5) is 30.0. The fourth-order valence-electron chi connectivity index (χ4n) is 3.36. The predicted molar refractivity (Wildman–Crippen MR) is 85.6 cm³/mol. The van der Waals surface area contributed by atoms with Crippen molar-refractivity contribution in [3.05, 3.63) is 40.8 Å². The van der Waals surface area contributed by atoms with Gasteiger partial charge in [0.05, 0.1) is 11.5 Å². The zero-order chi connectivity index (χ0) is 17.6. The molecule has 1 N–H and O–H groups in total. The summed E-state index contributed by atoms with van der Waals surface area (Å²) in [5.74, 6) is -0.0590. The number of hydrogen-bond acceptors (Lipinski definition) is 5. The maximum atomic E-state index is 14.4. The number of nitrogens with one attached hydrogen (secondary N) is 1. The molecule has 1 aromatic carbocycles. The van der Waals surface area contributed by atoms with Crippen LogP contribution in [0.1, 0.15) is 46.4 Å². The van der Waals surface area contributed by atoms with E-state index < -0.39 is 5.82 Å². The Morgan fingerprint density at radius 1 is 1.40 bits per heavy atom. The van der Waals surface area contributed by atoms with E-state index in [4.69, 9.17) is 4.52 Å². The van der Waals surface area contributed by atoms with Crippen LogP contribution >= 0.6 is 0 Å². The summed E-state index contributed by atoms with van der Waals surface area (Å²) in [7, 11) is 0. The molecule has 1 aromatic heterocycles. The molecule has 0 radical (unpaired) electrons. The average molecular weight is 344 g/mol. The first-order valence-corrected chi connectivity index (χ1v) is 8.23. The lowest BCUT2D eigenvalue weighted by Gasteiger charge is -2.20. The molecule has 3 heterocycles. The molecule has 25 heavy (non-hydrogen) atoms. The molecular formula is C17H17FN4O3. The molecule has 2 aromatic rings. The molecule has 0 saturated carbocycles. The summed E-state index contributed by atoms with van der Waals surface area (Å²) in [6, 6.07) is 2.78. The van der Waals surface area contributed by atoms with E-state index in [1.54, 1.807) is 17.9 Å². The van der Waals surface area contributed by atoms with Gasteiger partial charge in [-0.2, -0.15) is 4.98 Å². The van der Waals surface area contributed by atoms with Gasteiger partial charge in [0.25, 0.3) is 5.91 Å². The highest BCUT2D eigenvalue weighted by atomic mass is 19.1. The smallest absolute Gasteiger partial charge is 0.256 e. The van der Waals surface area contributed by atoms with Crippen LogP contribution in [-0.2, 0) is 11.2 Å². The molecule has 4 rings (SSSR count). The van der Waals surface area contributed by atoms with Crippen molar-refractivity contribution in [1.82, 2.24) is 15.0 Å². The number of hydrogen-bond donors (Lipinski definition) is 1. The molecule has 0 aliphatic carbocycles. The van der Waals surface area contributed by atoms with Gasteiger partial charge in [-0.25, -0.2) is 4.39 Å². The summed E-state index contributed by atoms with van der Waals surface area (Å²) in [6.45, 7) is 2.68. The fourth-order valence-corrected chi connectivity index (χ4v) is 3.36. The van der Waals surface area contributed by atoms with Crippen LogP contribution in [0.3, 0.4) is 0 Å². The zero-order valence-electron chi connectivity index (χ0n) is 13.7. The third-order valence-electron chi connectivity index (χ3n) is 4.69. The Morgan fingerprint density at radius 2 is 2.24 bits per heavy atom. The van der Waals surface area contributed by atoms with Crippen LogP contribution in [0.5, 0.6) is 0 Å². The number of aromatic nitrogens is 2. The van der Waals surface area contributed by atoms with Crippen molar-refractivity contribution in [2.24, 2.45) is 0 Å². The standard InChI is InChI=1S/C17H17FN4O3/c1-9-19-16(25-21-9)11-4-5-22(8-11)17(24)12-6-10-2-3-15(23)20-14(10)7-13(12)18/h6-7,11H,2-5,8H2,1H3,(H,20,23)/t11-/m1/s1. The second-order valence-electron chi connectivity index (χ2n) is 6.45. The molecule has 130 valence electrons. The molecule has 2 amide bonds. The number of carbonyl (C=O) groups excluding carboxylic acids is 2.